The SMILES string of the molecule is CC/C(=N\NC(=O)C1CCCCC1)c1ccc(OC)cc1. The van der Waals surface area contributed by atoms with E-state index in [1.807, 2.05) is 31.2 Å². The molecule has 0 aromatic heterocycles. The number of hydrazone groups is 1. The first-order valence-corrected chi connectivity index (χ1v) is 7.75. The summed E-state index contributed by atoms with van der Waals surface area (Å²) in [7, 11) is 1.65. The van der Waals surface area contributed by atoms with Crippen LogP contribution in [0.3, 0.4) is 0 Å². The normalized spacial score (nSPS) is 16.6. The largest absolute Gasteiger partial charge is 0.497 e. The Morgan fingerprint density at radius 3 is 2.48 bits per heavy atom. The van der Waals surface area contributed by atoms with Crippen molar-refractivity contribution in [3.63, 3.8) is 0 Å². The average Bonchev–Trinajstić information content (AvgIpc) is 2.56. The van der Waals surface area contributed by atoms with Crippen molar-refractivity contribution in [1.82, 2.24) is 5.43 Å². The van der Waals surface area contributed by atoms with E-state index in [0.29, 0.717) is 0 Å². The molecule has 4 nitrogen and oxygen atoms in total. The lowest BCUT2D eigenvalue weighted by molar-refractivity contribution is -0.125. The molecule has 1 aromatic rings. The van der Waals surface area contributed by atoms with Crippen LogP contribution >= 0.6 is 0 Å². The molecule has 0 aliphatic heterocycles. The van der Waals surface area contributed by atoms with E-state index in [9.17, 15) is 4.79 Å². The van der Waals surface area contributed by atoms with Gasteiger partial charge in [0.15, 0.2) is 0 Å². The van der Waals surface area contributed by atoms with E-state index in [1.165, 1.54) is 6.42 Å². The number of carbonyl (C=O) groups is 1. The van der Waals surface area contributed by atoms with Gasteiger partial charge in [0.2, 0.25) is 5.91 Å². The van der Waals surface area contributed by atoms with E-state index in [2.05, 4.69) is 10.5 Å². The summed E-state index contributed by atoms with van der Waals surface area (Å²) in [5, 5.41) is 4.32. The summed E-state index contributed by atoms with van der Waals surface area (Å²) in [6.45, 7) is 2.04. The van der Waals surface area contributed by atoms with Gasteiger partial charge in [-0.2, -0.15) is 5.10 Å². The van der Waals surface area contributed by atoms with Crippen LogP contribution in [0.1, 0.15) is 51.0 Å². The van der Waals surface area contributed by atoms with Gasteiger partial charge in [-0.1, -0.05) is 26.2 Å². The minimum absolute atomic E-state index is 0.0640. The Bertz CT molecular complexity index is 488. The monoisotopic (exact) mass is 288 g/mol. The van der Waals surface area contributed by atoms with Crippen LogP contribution in [-0.2, 0) is 4.79 Å². The molecular weight excluding hydrogens is 264 g/mol. The summed E-state index contributed by atoms with van der Waals surface area (Å²) >= 11 is 0. The molecule has 0 radical (unpaired) electrons. The molecule has 0 saturated heterocycles. The lowest BCUT2D eigenvalue weighted by Gasteiger charge is -2.19. The van der Waals surface area contributed by atoms with Gasteiger partial charge in [-0.25, -0.2) is 5.43 Å². The Labute approximate surface area is 126 Å². The Morgan fingerprint density at radius 2 is 1.90 bits per heavy atom. The van der Waals surface area contributed by atoms with E-state index < -0.39 is 0 Å². The average molecular weight is 288 g/mol. The highest BCUT2D eigenvalue weighted by Gasteiger charge is 2.20. The number of nitrogens with zero attached hydrogens (tertiary/aromatic N) is 1. The second kappa shape index (κ2) is 7.81. The van der Waals surface area contributed by atoms with Gasteiger partial charge in [-0.05, 0) is 49.1 Å². The summed E-state index contributed by atoms with van der Waals surface area (Å²) in [6.07, 6.45) is 6.31. The molecule has 1 aliphatic carbocycles. The van der Waals surface area contributed by atoms with Crippen LogP contribution in [0.5, 0.6) is 5.75 Å². The summed E-state index contributed by atoms with van der Waals surface area (Å²) in [5.74, 6) is 1.02. The van der Waals surface area contributed by atoms with Gasteiger partial charge in [0, 0.05) is 5.92 Å². The fraction of sp³-hybridized carbons (Fsp3) is 0.529. The molecule has 1 saturated carbocycles. The van der Waals surface area contributed by atoms with E-state index in [0.717, 1.165) is 49.1 Å². The number of rotatable bonds is 5. The van der Waals surface area contributed by atoms with Crippen molar-refractivity contribution in [2.24, 2.45) is 11.0 Å². The van der Waals surface area contributed by atoms with Crippen LogP contribution in [0.4, 0.5) is 0 Å². The smallest absolute Gasteiger partial charge is 0.243 e. The van der Waals surface area contributed by atoms with Gasteiger partial charge < -0.3 is 4.74 Å². The molecule has 0 heterocycles. The van der Waals surface area contributed by atoms with Gasteiger partial charge >= 0.3 is 0 Å². The second-order valence-corrected chi connectivity index (χ2v) is 5.45. The molecule has 1 aliphatic rings. The van der Waals surface area contributed by atoms with Crippen LogP contribution in [0, 0.1) is 5.92 Å². The Kier molecular flexibility index (Phi) is 5.78. The van der Waals surface area contributed by atoms with Crippen molar-refractivity contribution in [3.05, 3.63) is 29.8 Å². The first-order chi connectivity index (χ1) is 10.2. The summed E-state index contributed by atoms with van der Waals surface area (Å²) in [6, 6.07) is 7.74. The molecule has 1 N–H and O–H groups in total. The maximum atomic E-state index is 12.1. The summed E-state index contributed by atoms with van der Waals surface area (Å²) in [4.78, 5) is 12.1. The number of hydrogen-bond donors (Lipinski definition) is 1. The van der Waals surface area contributed by atoms with Gasteiger partial charge in [0.25, 0.3) is 0 Å². The Morgan fingerprint density at radius 1 is 1.24 bits per heavy atom. The molecule has 1 aromatic carbocycles. The zero-order chi connectivity index (χ0) is 15.1. The molecule has 21 heavy (non-hydrogen) atoms. The van der Waals surface area contributed by atoms with Crippen molar-refractivity contribution in [2.75, 3.05) is 7.11 Å². The fourth-order valence-corrected chi connectivity index (χ4v) is 2.71. The number of ether oxygens (including phenoxy) is 1. The molecule has 0 bridgehead atoms. The third kappa shape index (κ3) is 4.31. The highest BCUT2D eigenvalue weighted by Crippen LogP contribution is 2.23. The van der Waals surface area contributed by atoms with E-state index in [4.69, 9.17) is 4.74 Å². The lowest BCUT2D eigenvalue weighted by Crippen LogP contribution is -2.29. The maximum absolute atomic E-state index is 12.1. The lowest BCUT2D eigenvalue weighted by atomic mass is 9.89. The Balaban J connectivity index is 2.00. The summed E-state index contributed by atoms with van der Waals surface area (Å²) < 4.78 is 5.15. The van der Waals surface area contributed by atoms with E-state index >= 15 is 0 Å². The van der Waals surface area contributed by atoms with Crippen LogP contribution in [0.2, 0.25) is 0 Å². The highest BCUT2D eigenvalue weighted by molar-refractivity contribution is 6.01. The van der Waals surface area contributed by atoms with E-state index in [-0.39, 0.29) is 11.8 Å². The number of carbonyl (C=O) groups excluding carboxylic acids is 1. The van der Waals surface area contributed by atoms with Crippen molar-refractivity contribution >= 4 is 11.6 Å². The topological polar surface area (TPSA) is 50.7 Å². The molecule has 1 amide bonds. The van der Waals surface area contributed by atoms with Gasteiger partial charge in [-0.15, -0.1) is 0 Å². The van der Waals surface area contributed by atoms with Crippen LogP contribution < -0.4 is 10.2 Å². The fourth-order valence-electron chi connectivity index (χ4n) is 2.71. The number of amides is 1. The molecular formula is C17H24N2O2. The predicted molar refractivity (Wildman–Crippen MR) is 84.5 cm³/mol. The Hall–Kier alpha value is -1.84. The van der Waals surface area contributed by atoms with Gasteiger partial charge in [0.1, 0.15) is 5.75 Å². The minimum Gasteiger partial charge on any atom is -0.497 e. The van der Waals surface area contributed by atoms with Gasteiger partial charge in [-0.3, -0.25) is 4.79 Å². The first-order valence-electron chi connectivity index (χ1n) is 7.75. The third-order valence-corrected chi connectivity index (χ3v) is 4.04. The molecule has 114 valence electrons. The van der Waals surface area contributed by atoms with Crippen LogP contribution in [0.25, 0.3) is 0 Å². The number of nitrogens with one attached hydrogen (secondary N) is 1. The molecule has 4 heteroatoms. The van der Waals surface area contributed by atoms with Crippen molar-refractivity contribution in [3.8, 4) is 5.75 Å². The van der Waals surface area contributed by atoms with Crippen LogP contribution in [-0.4, -0.2) is 18.7 Å². The molecule has 0 atom stereocenters. The second-order valence-electron chi connectivity index (χ2n) is 5.45. The number of hydrogen-bond acceptors (Lipinski definition) is 3. The minimum atomic E-state index is 0.0640. The van der Waals surface area contributed by atoms with E-state index in [1.54, 1.807) is 7.11 Å². The maximum Gasteiger partial charge on any atom is 0.243 e. The predicted octanol–water partition coefficient (Wildman–Crippen LogP) is 3.51. The summed E-state index contributed by atoms with van der Waals surface area (Å²) in [5.41, 5.74) is 4.65. The third-order valence-electron chi connectivity index (χ3n) is 4.04. The zero-order valence-electron chi connectivity index (χ0n) is 12.9. The van der Waals surface area contributed by atoms with Crippen LogP contribution in [0.15, 0.2) is 29.4 Å². The molecule has 1 fully saturated rings. The van der Waals surface area contributed by atoms with Crippen molar-refractivity contribution < 1.29 is 9.53 Å². The standard InChI is InChI=1S/C17H24N2O2/c1-3-16(13-9-11-15(21-2)12-10-13)18-19-17(20)14-7-5-4-6-8-14/h9-12,14H,3-8H2,1-2H3,(H,19,20)/b18-16+. The highest BCUT2D eigenvalue weighted by atomic mass is 16.5. The molecule has 0 spiro atoms. The first kappa shape index (κ1) is 15.5. The number of benzene rings is 1. The molecule has 2 rings (SSSR count). The quantitative estimate of drug-likeness (QED) is 0.666. The molecule has 0 unspecified atom stereocenters. The van der Waals surface area contributed by atoms with Crippen molar-refractivity contribution in [1.29, 1.82) is 0 Å². The van der Waals surface area contributed by atoms with Gasteiger partial charge in [0.05, 0.1) is 12.8 Å². The number of methoxy groups -OCH3 is 1. The van der Waals surface area contributed by atoms with Crippen molar-refractivity contribution in [2.45, 2.75) is 45.4 Å². The zero-order valence-corrected chi connectivity index (χ0v) is 12.9.